The number of pyridine rings is 2. The minimum atomic E-state index is -4.58. The van der Waals surface area contributed by atoms with Crippen molar-refractivity contribution < 1.29 is 26.3 Å². The van der Waals surface area contributed by atoms with E-state index in [1.165, 1.54) is 37.0 Å². The first-order valence-corrected chi connectivity index (χ1v) is 11.4. The lowest BCUT2D eigenvalue weighted by molar-refractivity contribution is -0.138. The average molecular weight is 469 g/mol. The summed E-state index contributed by atoms with van der Waals surface area (Å²) in [6.45, 7) is 0.273. The van der Waals surface area contributed by atoms with Crippen molar-refractivity contribution in [2.24, 2.45) is 29.6 Å². The maximum atomic E-state index is 13.3. The summed E-state index contributed by atoms with van der Waals surface area (Å²) in [7, 11) is 0. The molecule has 4 bridgehead atoms. The molecule has 2 aromatic heterocycles. The largest absolute Gasteiger partial charge is 0.416 e. The van der Waals surface area contributed by atoms with E-state index in [0.717, 1.165) is 48.5 Å². The molecule has 2 aromatic rings. The zero-order chi connectivity index (χ0) is 23.4. The van der Waals surface area contributed by atoms with E-state index < -0.39 is 23.5 Å². The summed E-state index contributed by atoms with van der Waals surface area (Å²) in [5.74, 6) is 3.14. The Kier molecular flexibility index (Phi) is 5.56. The molecule has 4 aliphatic carbocycles. The summed E-state index contributed by atoms with van der Waals surface area (Å²) in [6.07, 6.45) is -0.273. The van der Waals surface area contributed by atoms with Crippen LogP contribution in [0.5, 0.6) is 0 Å². The minimum absolute atomic E-state index is 0.0412. The van der Waals surface area contributed by atoms with Crippen molar-refractivity contribution in [2.45, 2.75) is 50.9 Å². The van der Waals surface area contributed by atoms with Crippen molar-refractivity contribution in [2.75, 3.05) is 11.4 Å². The Labute approximate surface area is 188 Å². The number of aromatic nitrogens is 2. The van der Waals surface area contributed by atoms with Crippen LogP contribution >= 0.6 is 0 Å². The number of alkyl halides is 6. The van der Waals surface area contributed by atoms with Crippen LogP contribution in [0.15, 0.2) is 36.7 Å². The molecule has 0 atom stereocenters. The number of halogens is 6. The van der Waals surface area contributed by atoms with Crippen LogP contribution in [0.1, 0.15) is 49.7 Å². The highest BCUT2D eigenvalue weighted by molar-refractivity contribution is 5.57. The van der Waals surface area contributed by atoms with Gasteiger partial charge in [-0.2, -0.15) is 26.3 Å². The third kappa shape index (κ3) is 4.55. The van der Waals surface area contributed by atoms with Gasteiger partial charge in [-0.3, -0.25) is 0 Å². The molecule has 2 heterocycles. The summed E-state index contributed by atoms with van der Waals surface area (Å²) < 4.78 is 79.9. The SMILES string of the molecule is FC(F)(F)c1ccnc(N(CCC2C3CC4CC(C3)CC2C4)c2cc(C(F)(F)F)ccn2)c1. The zero-order valence-electron chi connectivity index (χ0n) is 17.9. The van der Waals surface area contributed by atoms with E-state index in [4.69, 9.17) is 0 Å². The molecular weight excluding hydrogens is 444 g/mol. The van der Waals surface area contributed by atoms with Crippen LogP contribution in [-0.4, -0.2) is 16.5 Å². The van der Waals surface area contributed by atoms with E-state index in [0.29, 0.717) is 24.2 Å². The Morgan fingerprint density at radius 1 is 0.727 bits per heavy atom. The van der Waals surface area contributed by atoms with Gasteiger partial charge in [0.15, 0.2) is 0 Å². The molecule has 0 aliphatic heterocycles. The Hall–Kier alpha value is -2.32. The first kappa shape index (κ1) is 22.5. The Balaban J connectivity index is 1.45. The molecule has 4 fully saturated rings. The fraction of sp³-hybridized carbons (Fsp3) is 0.583. The third-order valence-electron chi connectivity index (χ3n) is 7.81. The van der Waals surface area contributed by atoms with E-state index in [9.17, 15) is 26.3 Å². The molecule has 4 aliphatic rings. The van der Waals surface area contributed by atoms with Crippen LogP contribution in [0.2, 0.25) is 0 Å². The highest BCUT2D eigenvalue weighted by Gasteiger charge is 2.48. The second kappa shape index (κ2) is 8.17. The van der Waals surface area contributed by atoms with Gasteiger partial charge < -0.3 is 4.90 Å². The molecule has 0 saturated heterocycles. The van der Waals surface area contributed by atoms with Gasteiger partial charge in [0, 0.05) is 18.9 Å². The van der Waals surface area contributed by atoms with E-state index in [-0.39, 0.29) is 18.2 Å². The normalized spacial score (nSPS) is 28.8. The summed E-state index contributed by atoms with van der Waals surface area (Å²) in [4.78, 5) is 9.57. The van der Waals surface area contributed by atoms with Crippen molar-refractivity contribution >= 4 is 11.6 Å². The fourth-order valence-corrected chi connectivity index (χ4v) is 6.62. The fourth-order valence-electron chi connectivity index (χ4n) is 6.62. The number of hydrogen-bond donors (Lipinski definition) is 0. The molecule has 9 heteroatoms. The number of nitrogens with zero attached hydrogens (tertiary/aromatic N) is 3. The molecule has 0 radical (unpaired) electrons. The molecule has 0 spiro atoms. The van der Waals surface area contributed by atoms with Crippen molar-refractivity contribution in [1.82, 2.24) is 9.97 Å². The standard InChI is InChI=1S/C24H25F6N3/c25-23(26,27)18-1-4-31-21(12-18)33(22-13-19(2-5-32-22)24(28,29)30)6-3-20-16-8-14-7-15(10-16)11-17(20)9-14/h1-2,4-5,12-17,20H,3,6-11H2. The highest BCUT2D eigenvalue weighted by Crippen LogP contribution is 2.57. The summed E-state index contributed by atoms with van der Waals surface area (Å²) in [5.41, 5.74) is -1.78. The minimum Gasteiger partial charge on any atom is -0.311 e. The van der Waals surface area contributed by atoms with Gasteiger partial charge in [-0.05, 0) is 92.4 Å². The summed E-state index contributed by atoms with van der Waals surface area (Å²) >= 11 is 0. The zero-order valence-corrected chi connectivity index (χ0v) is 17.9. The highest BCUT2D eigenvalue weighted by atomic mass is 19.4. The van der Waals surface area contributed by atoms with Gasteiger partial charge in [-0.25, -0.2) is 9.97 Å². The van der Waals surface area contributed by atoms with Gasteiger partial charge in [-0.1, -0.05) is 0 Å². The van der Waals surface area contributed by atoms with Gasteiger partial charge in [0.25, 0.3) is 0 Å². The molecule has 33 heavy (non-hydrogen) atoms. The topological polar surface area (TPSA) is 29.0 Å². The average Bonchev–Trinajstić information content (AvgIpc) is 2.74. The van der Waals surface area contributed by atoms with Gasteiger partial charge >= 0.3 is 12.4 Å². The van der Waals surface area contributed by atoms with Gasteiger partial charge in [0.05, 0.1) is 11.1 Å². The summed E-state index contributed by atoms with van der Waals surface area (Å²) in [6, 6.07) is 3.50. The molecule has 6 rings (SSSR count). The molecule has 0 unspecified atom stereocenters. The lowest BCUT2D eigenvalue weighted by Gasteiger charge is -2.54. The number of rotatable bonds is 5. The maximum absolute atomic E-state index is 13.3. The monoisotopic (exact) mass is 469 g/mol. The van der Waals surface area contributed by atoms with Crippen molar-refractivity contribution in [3.63, 3.8) is 0 Å². The second-order valence-corrected chi connectivity index (χ2v) is 9.84. The van der Waals surface area contributed by atoms with Gasteiger partial charge in [-0.15, -0.1) is 0 Å². The second-order valence-electron chi connectivity index (χ2n) is 9.84. The Morgan fingerprint density at radius 3 is 1.61 bits per heavy atom. The van der Waals surface area contributed by atoms with E-state index >= 15 is 0 Å². The maximum Gasteiger partial charge on any atom is 0.416 e. The molecule has 4 saturated carbocycles. The van der Waals surface area contributed by atoms with Crippen LogP contribution in [0.3, 0.4) is 0 Å². The number of hydrogen-bond acceptors (Lipinski definition) is 3. The smallest absolute Gasteiger partial charge is 0.311 e. The third-order valence-corrected chi connectivity index (χ3v) is 7.81. The Morgan fingerprint density at radius 2 is 1.18 bits per heavy atom. The van der Waals surface area contributed by atoms with E-state index in [1.807, 2.05) is 0 Å². The van der Waals surface area contributed by atoms with Crippen LogP contribution in [0.4, 0.5) is 38.0 Å². The summed E-state index contributed by atoms with van der Waals surface area (Å²) in [5, 5.41) is 0. The van der Waals surface area contributed by atoms with E-state index in [1.54, 1.807) is 0 Å². The van der Waals surface area contributed by atoms with Crippen molar-refractivity contribution in [3.05, 3.63) is 47.8 Å². The predicted molar refractivity (Wildman–Crippen MR) is 111 cm³/mol. The quantitative estimate of drug-likeness (QED) is 0.437. The lowest BCUT2D eigenvalue weighted by atomic mass is 9.51. The van der Waals surface area contributed by atoms with Crippen molar-refractivity contribution in [1.29, 1.82) is 0 Å². The van der Waals surface area contributed by atoms with Crippen LogP contribution < -0.4 is 4.90 Å². The van der Waals surface area contributed by atoms with Gasteiger partial charge in [0.2, 0.25) is 0 Å². The lowest BCUT2D eigenvalue weighted by Crippen LogP contribution is -2.45. The molecule has 178 valence electrons. The molecule has 3 nitrogen and oxygen atoms in total. The first-order chi connectivity index (χ1) is 15.6. The molecule has 0 aromatic carbocycles. The molecule has 0 amide bonds. The van der Waals surface area contributed by atoms with Crippen LogP contribution in [0.25, 0.3) is 0 Å². The van der Waals surface area contributed by atoms with E-state index in [2.05, 4.69) is 9.97 Å². The number of anilines is 2. The molecule has 0 N–H and O–H groups in total. The first-order valence-electron chi connectivity index (χ1n) is 11.4. The van der Waals surface area contributed by atoms with Crippen LogP contribution in [0, 0.1) is 29.6 Å². The molecular formula is C24H25F6N3. The van der Waals surface area contributed by atoms with Crippen molar-refractivity contribution in [3.8, 4) is 0 Å². The van der Waals surface area contributed by atoms with Gasteiger partial charge in [0.1, 0.15) is 11.6 Å². The predicted octanol–water partition coefficient (Wildman–Crippen LogP) is 7.11. The Bertz CT molecular complexity index is 917. The van der Waals surface area contributed by atoms with Crippen LogP contribution in [-0.2, 0) is 12.4 Å².